The van der Waals surface area contributed by atoms with Gasteiger partial charge in [-0.05, 0) is 79.4 Å². The normalized spacial score (nSPS) is 36.2. The van der Waals surface area contributed by atoms with Crippen LogP contribution >= 0.6 is 11.5 Å². The van der Waals surface area contributed by atoms with Gasteiger partial charge in [0.1, 0.15) is 5.82 Å². The molecule has 36 heavy (non-hydrogen) atoms. The third-order valence-electron chi connectivity index (χ3n) is 10.0. The van der Waals surface area contributed by atoms with Gasteiger partial charge in [-0.1, -0.05) is 25.0 Å². The third kappa shape index (κ3) is 3.71. The van der Waals surface area contributed by atoms with Gasteiger partial charge in [-0.3, -0.25) is 9.69 Å². The van der Waals surface area contributed by atoms with E-state index in [0.717, 1.165) is 77.1 Å². The highest BCUT2D eigenvalue weighted by molar-refractivity contribution is 7.90. The predicted molar refractivity (Wildman–Crippen MR) is 142 cm³/mol. The Kier molecular flexibility index (Phi) is 5.82. The van der Waals surface area contributed by atoms with Crippen LogP contribution in [0.15, 0.2) is 24.3 Å². The van der Waals surface area contributed by atoms with E-state index in [2.05, 4.69) is 34.1 Å². The standard InChI is InChI=1S/C27H36N4O3S2/c32-27-24-18-9-10-19(15-18)25(24)36(33,34)31(27)17-21-6-2-1-5-20(21)16-29-11-13-30(14-12-29)26-22-7-3-4-8-23(22)35-28-26/h3-4,7-8,18-21,24-25H,1-2,5-6,9-17H2. The van der Waals surface area contributed by atoms with Crippen molar-refractivity contribution in [1.82, 2.24) is 13.6 Å². The minimum atomic E-state index is -3.49. The number of rotatable bonds is 5. The molecule has 9 heteroatoms. The summed E-state index contributed by atoms with van der Waals surface area (Å²) in [6.45, 7) is 5.37. The largest absolute Gasteiger partial charge is 0.353 e. The molecule has 0 N–H and O–H groups in total. The number of nitrogens with zero attached hydrogens (tertiary/aromatic N) is 4. The van der Waals surface area contributed by atoms with Crippen LogP contribution in [0, 0.1) is 29.6 Å². The number of aromatic nitrogens is 1. The van der Waals surface area contributed by atoms with E-state index in [4.69, 9.17) is 4.37 Å². The van der Waals surface area contributed by atoms with Crippen molar-refractivity contribution in [1.29, 1.82) is 0 Å². The van der Waals surface area contributed by atoms with Gasteiger partial charge in [0.15, 0.2) is 0 Å². The summed E-state index contributed by atoms with van der Waals surface area (Å²) in [6, 6.07) is 8.46. The third-order valence-corrected chi connectivity index (χ3v) is 13.1. The number of amides is 1. The Morgan fingerprint density at radius 2 is 1.64 bits per heavy atom. The Balaban J connectivity index is 1.01. The zero-order valence-corrected chi connectivity index (χ0v) is 22.4. The molecule has 3 aliphatic carbocycles. The van der Waals surface area contributed by atoms with Crippen molar-refractivity contribution in [3.05, 3.63) is 24.3 Å². The van der Waals surface area contributed by atoms with Gasteiger partial charge in [0.2, 0.25) is 15.9 Å². The highest BCUT2D eigenvalue weighted by Crippen LogP contribution is 2.56. The van der Waals surface area contributed by atoms with Crippen LogP contribution in [0.2, 0.25) is 0 Å². The summed E-state index contributed by atoms with van der Waals surface area (Å²) < 4.78 is 34.3. The summed E-state index contributed by atoms with van der Waals surface area (Å²) >= 11 is 1.58. The molecule has 7 rings (SSSR count). The van der Waals surface area contributed by atoms with Gasteiger partial charge in [-0.25, -0.2) is 12.7 Å². The molecule has 2 saturated heterocycles. The quantitative estimate of drug-likeness (QED) is 0.588. The highest BCUT2D eigenvalue weighted by atomic mass is 32.2. The molecule has 7 nitrogen and oxygen atoms in total. The highest BCUT2D eigenvalue weighted by Gasteiger charge is 2.64. The van der Waals surface area contributed by atoms with Crippen LogP contribution in [-0.4, -0.2) is 72.4 Å². The molecule has 6 unspecified atom stereocenters. The van der Waals surface area contributed by atoms with Crippen LogP contribution in [0.3, 0.4) is 0 Å². The van der Waals surface area contributed by atoms with E-state index in [1.165, 1.54) is 20.8 Å². The molecule has 6 atom stereocenters. The monoisotopic (exact) mass is 528 g/mol. The predicted octanol–water partition coefficient (Wildman–Crippen LogP) is 3.81. The fourth-order valence-corrected chi connectivity index (χ4v) is 11.5. The number of anilines is 1. The first kappa shape index (κ1) is 23.4. The van der Waals surface area contributed by atoms with Crippen LogP contribution in [-0.2, 0) is 14.8 Å². The van der Waals surface area contributed by atoms with Gasteiger partial charge in [-0.2, -0.15) is 4.37 Å². The van der Waals surface area contributed by atoms with Crippen molar-refractivity contribution in [3.8, 4) is 0 Å². The minimum Gasteiger partial charge on any atom is -0.353 e. The van der Waals surface area contributed by atoms with E-state index in [1.54, 1.807) is 11.5 Å². The maximum Gasteiger partial charge on any atom is 0.241 e. The van der Waals surface area contributed by atoms with E-state index in [-0.39, 0.29) is 23.7 Å². The smallest absolute Gasteiger partial charge is 0.241 e. The Labute approximate surface area is 218 Å². The maximum atomic E-state index is 13.5. The van der Waals surface area contributed by atoms with E-state index in [0.29, 0.717) is 18.4 Å². The molecule has 194 valence electrons. The summed E-state index contributed by atoms with van der Waals surface area (Å²) in [6.07, 6.45) is 7.51. The number of hydrogen-bond donors (Lipinski definition) is 0. The Hall–Kier alpha value is -1.71. The molecular weight excluding hydrogens is 492 g/mol. The average molecular weight is 529 g/mol. The number of carbonyl (C=O) groups excluding carboxylic acids is 1. The van der Waals surface area contributed by atoms with E-state index in [9.17, 15) is 13.2 Å². The van der Waals surface area contributed by atoms with Gasteiger partial charge in [0.25, 0.3) is 0 Å². The van der Waals surface area contributed by atoms with Crippen LogP contribution in [0.1, 0.15) is 44.9 Å². The first-order chi connectivity index (χ1) is 17.5. The van der Waals surface area contributed by atoms with Crippen LogP contribution < -0.4 is 4.90 Å². The zero-order valence-electron chi connectivity index (χ0n) is 20.8. The van der Waals surface area contributed by atoms with E-state index >= 15 is 0 Å². The van der Waals surface area contributed by atoms with E-state index in [1.807, 2.05) is 0 Å². The van der Waals surface area contributed by atoms with Crippen LogP contribution in [0.25, 0.3) is 10.1 Å². The first-order valence-corrected chi connectivity index (χ1v) is 16.2. The van der Waals surface area contributed by atoms with Crippen molar-refractivity contribution < 1.29 is 13.2 Å². The lowest BCUT2D eigenvalue weighted by atomic mass is 9.78. The van der Waals surface area contributed by atoms with Gasteiger partial charge < -0.3 is 4.90 Å². The Bertz CT molecular complexity index is 1250. The molecule has 2 bridgehead atoms. The number of hydrogen-bond acceptors (Lipinski definition) is 7. The molecule has 1 amide bonds. The molecule has 1 aromatic heterocycles. The van der Waals surface area contributed by atoms with Crippen molar-refractivity contribution in [2.75, 3.05) is 44.2 Å². The molecule has 2 aromatic rings. The molecule has 3 saturated carbocycles. The molecular formula is C27H36N4O3S2. The molecule has 0 radical (unpaired) electrons. The summed E-state index contributed by atoms with van der Waals surface area (Å²) in [5.74, 6) is 2.07. The van der Waals surface area contributed by atoms with Crippen LogP contribution in [0.4, 0.5) is 5.82 Å². The number of fused-ring (bicyclic) bond motifs is 6. The lowest BCUT2D eigenvalue weighted by Gasteiger charge is -2.40. The van der Waals surface area contributed by atoms with Gasteiger partial charge in [0.05, 0.1) is 15.9 Å². The Morgan fingerprint density at radius 1 is 0.917 bits per heavy atom. The zero-order chi connectivity index (χ0) is 24.4. The van der Waals surface area contributed by atoms with Gasteiger partial charge in [-0.15, -0.1) is 0 Å². The van der Waals surface area contributed by atoms with Gasteiger partial charge in [0, 0.05) is 44.7 Å². The molecule has 0 spiro atoms. The molecule has 5 aliphatic rings. The fourth-order valence-electron chi connectivity index (χ4n) is 8.19. The molecule has 2 aliphatic heterocycles. The number of carbonyl (C=O) groups is 1. The molecule has 1 aromatic carbocycles. The van der Waals surface area contributed by atoms with E-state index < -0.39 is 15.3 Å². The Morgan fingerprint density at radius 3 is 2.42 bits per heavy atom. The summed E-state index contributed by atoms with van der Waals surface area (Å²) in [5.41, 5.74) is 0. The van der Waals surface area contributed by atoms with Crippen molar-refractivity contribution in [3.63, 3.8) is 0 Å². The summed E-state index contributed by atoms with van der Waals surface area (Å²) in [4.78, 5) is 18.3. The molecule has 3 heterocycles. The fraction of sp³-hybridized carbons (Fsp3) is 0.704. The van der Waals surface area contributed by atoms with Crippen molar-refractivity contribution in [2.45, 2.75) is 50.2 Å². The maximum absolute atomic E-state index is 13.5. The first-order valence-electron chi connectivity index (χ1n) is 13.9. The second-order valence-electron chi connectivity index (χ2n) is 11.8. The lowest BCUT2D eigenvalue weighted by molar-refractivity contribution is -0.131. The second-order valence-corrected chi connectivity index (χ2v) is 14.7. The summed E-state index contributed by atoms with van der Waals surface area (Å²) in [7, 11) is -3.49. The average Bonchev–Trinajstić information content (AvgIpc) is 3.66. The molecule has 5 fully saturated rings. The summed E-state index contributed by atoms with van der Waals surface area (Å²) in [5, 5.41) is 0.832. The van der Waals surface area contributed by atoms with Crippen molar-refractivity contribution >= 4 is 43.4 Å². The van der Waals surface area contributed by atoms with Crippen LogP contribution in [0.5, 0.6) is 0 Å². The number of piperazine rings is 1. The minimum absolute atomic E-state index is 0.0689. The van der Waals surface area contributed by atoms with Crippen molar-refractivity contribution in [2.24, 2.45) is 29.6 Å². The number of benzene rings is 1. The second kappa shape index (κ2) is 8.95. The SMILES string of the molecule is O=C1C2C3CCC(C3)C2S(=O)(=O)N1CC1CCCCC1CN1CCN(c2nsc3ccccc23)CC1. The topological polar surface area (TPSA) is 73.8 Å². The van der Waals surface area contributed by atoms with Gasteiger partial charge >= 0.3 is 0 Å². The lowest BCUT2D eigenvalue weighted by Crippen LogP contribution is -2.49. The number of sulfonamides is 1.